The Hall–Kier alpha value is -2.25. The fraction of sp³-hybridized carbons (Fsp3) is 0.647. The molecule has 0 atom stereocenters. The fourth-order valence-corrected chi connectivity index (χ4v) is 2.76. The molecule has 2 amide bonds. The molecule has 2 rings (SSSR count). The molecule has 0 aliphatic carbocycles. The number of amides is 2. The first-order chi connectivity index (χ1) is 11.7. The van der Waals surface area contributed by atoms with Gasteiger partial charge < -0.3 is 14.5 Å². The Balaban J connectivity index is 1.95. The molecule has 0 aromatic carbocycles. The molecule has 1 saturated heterocycles. The van der Waals surface area contributed by atoms with Gasteiger partial charge in [-0.05, 0) is 33.6 Å². The summed E-state index contributed by atoms with van der Waals surface area (Å²) in [4.78, 5) is 35.3. The van der Waals surface area contributed by atoms with Crippen LogP contribution in [-0.4, -0.2) is 56.5 Å². The number of halogens is 1. The number of hydrogen-bond acceptors (Lipinski definition) is 5. The molecule has 1 aliphatic heterocycles. The predicted molar refractivity (Wildman–Crippen MR) is 89.0 cm³/mol. The van der Waals surface area contributed by atoms with Crippen LogP contribution >= 0.6 is 0 Å². The molecule has 0 unspecified atom stereocenters. The van der Waals surface area contributed by atoms with Crippen LogP contribution in [0.15, 0.2) is 12.4 Å². The number of likely N-dealkylation sites (tertiary alicyclic amines) is 1. The molecule has 8 heteroatoms. The zero-order chi connectivity index (χ0) is 18.6. The van der Waals surface area contributed by atoms with Crippen LogP contribution in [0.3, 0.4) is 0 Å². The Morgan fingerprint density at radius 1 is 1.28 bits per heavy atom. The predicted octanol–water partition coefficient (Wildman–Crippen LogP) is 2.36. The van der Waals surface area contributed by atoms with E-state index < -0.39 is 11.4 Å². The maximum atomic E-state index is 12.9. The Labute approximate surface area is 147 Å². The maximum absolute atomic E-state index is 12.9. The molecular formula is C17H25FN4O3. The van der Waals surface area contributed by atoms with Crippen LogP contribution in [0.5, 0.6) is 0 Å². The summed E-state index contributed by atoms with van der Waals surface area (Å²) in [7, 11) is 0. The minimum atomic E-state index is -0.528. The lowest BCUT2D eigenvalue weighted by Gasteiger charge is -2.38. The lowest BCUT2D eigenvalue weighted by Crippen LogP contribution is -2.49. The van der Waals surface area contributed by atoms with Gasteiger partial charge in [-0.25, -0.2) is 19.2 Å². The van der Waals surface area contributed by atoms with Gasteiger partial charge in [0.1, 0.15) is 11.4 Å². The lowest BCUT2D eigenvalue weighted by molar-refractivity contribution is -0.132. The van der Waals surface area contributed by atoms with Gasteiger partial charge in [-0.3, -0.25) is 4.79 Å². The van der Waals surface area contributed by atoms with Crippen LogP contribution in [0.2, 0.25) is 0 Å². The van der Waals surface area contributed by atoms with Crippen molar-refractivity contribution in [2.24, 2.45) is 0 Å². The number of carbonyl (C=O) groups excluding carboxylic acids is 2. The first-order valence-electron chi connectivity index (χ1n) is 8.37. The summed E-state index contributed by atoms with van der Waals surface area (Å²) in [5.41, 5.74) is -0.528. The van der Waals surface area contributed by atoms with E-state index in [0.717, 1.165) is 12.4 Å². The molecule has 1 aromatic rings. The average molecular weight is 352 g/mol. The van der Waals surface area contributed by atoms with Crippen molar-refractivity contribution in [3.63, 3.8) is 0 Å². The molecule has 1 aromatic heterocycles. The fourth-order valence-electron chi connectivity index (χ4n) is 2.76. The molecule has 0 radical (unpaired) electrons. The molecular weight excluding hydrogens is 327 g/mol. The Bertz CT molecular complexity index is 607. The molecule has 138 valence electrons. The highest BCUT2D eigenvalue weighted by atomic mass is 19.1. The van der Waals surface area contributed by atoms with E-state index in [1.165, 1.54) is 6.92 Å². The van der Waals surface area contributed by atoms with Gasteiger partial charge >= 0.3 is 6.09 Å². The van der Waals surface area contributed by atoms with Gasteiger partial charge in [0.15, 0.2) is 5.82 Å². The number of nitrogens with zero attached hydrogens (tertiary/aromatic N) is 4. The van der Waals surface area contributed by atoms with Crippen LogP contribution in [0.1, 0.15) is 46.4 Å². The number of hydrogen-bond donors (Lipinski definition) is 0. The van der Waals surface area contributed by atoms with Crippen LogP contribution in [0.4, 0.5) is 9.18 Å². The second-order valence-electron chi connectivity index (χ2n) is 7.16. The van der Waals surface area contributed by atoms with Crippen molar-refractivity contribution >= 4 is 12.0 Å². The topological polar surface area (TPSA) is 75.6 Å². The molecule has 25 heavy (non-hydrogen) atoms. The van der Waals surface area contributed by atoms with E-state index in [2.05, 4.69) is 9.97 Å². The van der Waals surface area contributed by atoms with E-state index in [9.17, 15) is 14.0 Å². The Morgan fingerprint density at radius 3 is 2.32 bits per heavy atom. The van der Waals surface area contributed by atoms with Crippen molar-refractivity contribution in [2.75, 3.05) is 13.1 Å². The molecule has 0 saturated carbocycles. The number of piperidine rings is 1. The van der Waals surface area contributed by atoms with Gasteiger partial charge in [0, 0.05) is 26.1 Å². The number of rotatable bonds is 3. The highest BCUT2D eigenvalue weighted by molar-refractivity contribution is 5.73. The van der Waals surface area contributed by atoms with E-state index in [-0.39, 0.29) is 24.6 Å². The van der Waals surface area contributed by atoms with Gasteiger partial charge in [-0.15, -0.1) is 0 Å². The quantitative estimate of drug-likeness (QED) is 0.835. The van der Waals surface area contributed by atoms with Crippen molar-refractivity contribution in [3.8, 4) is 0 Å². The van der Waals surface area contributed by atoms with Crippen molar-refractivity contribution in [1.29, 1.82) is 0 Å². The molecule has 0 N–H and O–H groups in total. The highest BCUT2D eigenvalue weighted by Crippen LogP contribution is 2.20. The Kier molecular flexibility index (Phi) is 5.92. The SMILES string of the molecule is CC(=O)N(Cc1ncc(F)cn1)C1CCN(C(=O)OC(C)(C)C)CC1. The van der Waals surface area contributed by atoms with E-state index >= 15 is 0 Å². The summed E-state index contributed by atoms with van der Waals surface area (Å²) >= 11 is 0. The second-order valence-corrected chi connectivity index (χ2v) is 7.16. The van der Waals surface area contributed by atoms with Crippen LogP contribution in [0.25, 0.3) is 0 Å². The number of ether oxygens (including phenoxy) is 1. The minimum absolute atomic E-state index is 0.00941. The van der Waals surface area contributed by atoms with Crippen molar-refractivity contribution < 1.29 is 18.7 Å². The first kappa shape index (κ1) is 19.1. The summed E-state index contributed by atoms with van der Waals surface area (Å²) in [6.45, 7) is 8.26. The van der Waals surface area contributed by atoms with Crippen molar-refractivity contribution in [2.45, 2.75) is 58.7 Å². The minimum Gasteiger partial charge on any atom is -0.444 e. The van der Waals surface area contributed by atoms with Crippen LogP contribution in [0, 0.1) is 5.82 Å². The lowest BCUT2D eigenvalue weighted by atomic mass is 10.0. The molecule has 1 fully saturated rings. The third-order valence-corrected chi connectivity index (χ3v) is 3.95. The smallest absolute Gasteiger partial charge is 0.410 e. The second kappa shape index (κ2) is 7.76. The van der Waals surface area contributed by atoms with E-state index in [1.807, 2.05) is 20.8 Å². The summed E-state index contributed by atoms with van der Waals surface area (Å²) in [5, 5.41) is 0. The molecule has 0 bridgehead atoms. The van der Waals surface area contributed by atoms with E-state index in [4.69, 9.17) is 4.74 Å². The summed E-state index contributed by atoms with van der Waals surface area (Å²) in [6.07, 6.45) is 3.15. The Morgan fingerprint density at radius 2 is 1.84 bits per heavy atom. The molecule has 7 nitrogen and oxygen atoms in total. The highest BCUT2D eigenvalue weighted by Gasteiger charge is 2.30. The monoisotopic (exact) mass is 352 g/mol. The van der Waals surface area contributed by atoms with Crippen molar-refractivity contribution in [1.82, 2.24) is 19.8 Å². The average Bonchev–Trinajstić information content (AvgIpc) is 2.52. The van der Waals surface area contributed by atoms with Gasteiger partial charge in [0.25, 0.3) is 0 Å². The first-order valence-corrected chi connectivity index (χ1v) is 8.37. The summed E-state index contributed by atoms with van der Waals surface area (Å²) < 4.78 is 18.3. The molecule has 2 heterocycles. The normalized spacial score (nSPS) is 15.8. The number of aromatic nitrogens is 2. The van der Waals surface area contributed by atoms with Crippen molar-refractivity contribution in [3.05, 3.63) is 24.0 Å². The molecule has 0 spiro atoms. The number of carbonyl (C=O) groups is 2. The van der Waals surface area contributed by atoms with Gasteiger partial charge in [-0.1, -0.05) is 0 Å². The van der Waals surface area contributed by atoms with Gasteiger partial charge in [0.2, 0.25) is 5.91 Å². The standard InChI is InChI=1S/C17H25FN4O3/c1-12(23)22(11-15-19-9-13(18)10-20-15)14-5-7-21(8-6-14)16(24)25-17(2,3)4/h9-10,14H,5-8,11H2,1-4H3. The van der Waals surface area contributed by atoms with Crippen LogP contribution in [-0.2, 0) is 16.1 Å². The summed E-state index contributed by atoms with van der Waals surface area (Å²) in [6, 6.07) is -0.00941. The summed E-state index contributed by atoms with van der Waals surface area (Å²) in [5.74, 6) is -0.210. The zero-order valence-corrected chi connectivity index (χ0v) is 15.2. The zero-order valence-electron chi connectivity index (χ0n) is 15.2. The molecule has 1 aliphatic rings. The third kappa shape index (κ3) is 5.65. The van der Waals surface area contributed by atoms with Crippen LogP contribution < -0.4 is 0 Å². The van der Waals surface area contributed by atoms with E-state index in [1.54, 1.807) is 9.80 Å². The van der Waals surface area contributed by atoms with Gasteiger partial charge in [0.05, 0.1) is 18.9 Å². The third-order valence-electron chi connectivity index (χ3n) is 3.95. The van der Waals surface area contributed by atoms with E-state index in [0.29, 0.717) is 31.8 Å². The largest absolute Gasteiger partial charge is 0.444 e. The maximum Gasteiger partial charge on any atom is 0.410 e. The van der Waals surface area contributed by atoms with Gasteiger partial charge in [-0.2, -0.15) is 0 Å².